The Kier molecular flexibility index (Phi) is 7.34. The van der Waals surface area contributed by atoms with Crippen LogP contribution in [-0.2, 0) is 6.61 Å². The van der Waals surface area contributed by atoms with E-state index in [9.17, 15) is 0 Å². The molecule has 0 spiro atoms. The molecule has 0 aliphatic carbocycles. The summed E-state index contributed by atoms with van der Waals surface area (Å²) in [4.78, 5) is 4.60. The van der Waals surface area contributed by atoms with Crippen LogP contribution in [0.15, 0.2) is 64.1 Å². The molecule has 3 aromatic carbocycles. The van der Waals surface area contributed by atoms with Crippen molar-refractivity contribution in [2.24, 2.45) is 4.99 Å². The van der Waals surface area contributed by atoms with Gasteiger partial charge in [-0.3, -0.25) is 4.99 Å². The van der Waals surface area contributed by atoms with Gasteiger partial charge >= 0.3 is 0 Å². The first-order chi connectivity index (χ1) is 14.0. The molecule has 150 valence electrons. The van der Waals surface area contributed by atoms with Crippen LogP contribution in [0.25, 0.3) is 0 Å². The summed E-state index contributed by atoms with van der Waals surface area (Å²) >= 11 is 9.67. The Hall–Kier alpha value is -2.30. The summed E-state index contributed by atoms with van der Waals surface area (Å²) in [5.74, 6) is 1.33. The molecule has 29 heavy (non-hydrogen) atoms. The van der Waals surface area contributed by atoms with Gasteiger partial charge in [0.2, 0.25) is 0 Å². The van der Waals surface area contributed by atoms with Crippen LogP contribution in [0.2, 0.25) is 5.02 Å². The molecule has 0 aliphatic rings. The molecule has 3 nitrogen and oxygen atoms in total. The lowest BCUT2D eigenvalue weighted by atomic mass is 10.1. The molecule has 0 heterocycles. The third-order valence-corrected chi connectivity index (χ3v) is 5.28. The van der Waals surface area contributed by atoms with Gasteiger partial charge in [0.25, 0.3) is 0 Å². The fraction of sp³-hybridized carbons (Fsp3) is 0.208. The van der Waals surface area contributed by atoms with Gasteiger partial charge in [0.15, 0.2) is 11.5 Å². The second-order valence-electron chi connectivity index (χ2n) is 6.71. The van der Waals surface area contributed by atoms with Crippen molar-refractivity contribution in [3.8, 4) is 11.5 Å². The molecule has 3 aromatic rings. The van der Waals surface area contributed by atoms with Gasteiger partial charge in [0.1, 0.15) is 6.61 Å². The van der Waals surface area contributed by atoms with Crippen molar-refractivity contribution in [2.45, 2.75) is 27.4 Å². The number of ether oxygens (including phenoxy) is 2. The number of nitrogens with zero attached hydrogens (tertiary/aromatic N) is 1. The lowest BCUT2D eigenvalue weighted by Crippen LogP contribution is -2.01. The molecule has 0 aromatic heterocycles. The standard InChI is InChI=1S/C24H23BrClNO2/c1-4-28-23-13-19(14-27-21-9-8-16(2)17(3)10-21)12-22(25)24(23)29-15-18-6-5-7-20(26)11-18/h5-14H,4,15H2,1-3H3. The lowest BCUT2D eigenvalue weighted by molar-refractivity contribution is 0.267. The first kappa shape index (κ1) is 21.4. The number of rotatable bonds is 7. The summed E-state index contributed by atoms with van der Waals surface area (Å²) in [6, 6.07) is 17.7. The van der Waals surface area contributed by atoms with Gasteiger partial charge in [-0.15, -0.1) is 0 Å². The highest BCUT2D eigenvalue weighted by molar-refractivity contribution is 9.10. The molecule has 0 N–H and O–H groups in total. The zero-order chi connectivity index (χ0) is 20.8. The maximum atomic E-state index is 6.06. The van der Waals surface area contributed by atoms with E-state index in [1.807, 2.05) is 55.6 Å². The highest BCUT2D eigenvalue weighted by Crippen LogP contribution is 2.37. The van der Waals surface area contributed by atoms with Crippen LogP contribution < -0.4 is 9.47 Å². The first-order valence-electron chi connectivity index (χ1n) is 9.41. The fourth-order valence-electron chi connectivity index (χ4n) is 2.80. The number of aryl methyl sites for hydroxylation is 2. The summed E-state index contributed by atoms with van der Waals surface area (Å²) < 4.78 is 12.7. The van der Waals surface area contributed by atoms with Crippen molar-refractivity contribution in [2.75, 3.05) is 6.61 Å². The SMILES string of the molecule is CCOc1cc(C=Nc2ccc(C)c(C)c2)cc(Br)c1OCc1cccc(Cl)c1. The predicted octanol–water partition coefficient (Wildman–Crippen LogP) is 7.45. The van der Waals surface area contributed by atoms with Crippen LogP contribution in [0.4, 0.5) is 5.69 Å². The van der Waals surface area contributed by atoms with Crippen LogP contribution in [0.3, 0.4) is 0 Å². The molecule has 0 radical (unpaired) electrons. The summed E-state index contributed by atoms with van der Waals surface area (Å²) in [7, 11) is 0. The van der Waals surface area contributed by atoms with Crippen LogP contribution in [0.1, 0.15) is 29.2 Å². The van der Waals surface area contributed by atoms with Gasteiger partial charge in [-0.05, 0) is 95.4 Å². The van der Waals surface area contributed by atoms with E-state index in [2.05, 4.69) is 46.9 Å². The molecule has 0 saturated heterocycles. The number of hydrogen-bond acceptors (Lipinski definition) is 3. The van der Waals surface area contributed by atoms with E-state index >= 15 is 0 Å². The number of benzene rings is 3. The minimum atomic E-state index is 0.398. The Balaban J connectivity index is 1.83. The van der Waals surface area contributed by atoms with Crippen molar-refractivity contribution in [3.05, 3.63) is 86.3 Å². The van der Waals surface area contributed by atoms with Crippen LogP contribution in [0, 0.1) is 13.8 Å². The van der Waals surface area contributed by atoms with Crippen LogP contribution in [0.5, 0.6) is 11.5 Å². The molecular formula is C24H23BrClNO2. The third-order valence-electron chi connectivity index (χ3n) is 4.46. The minimum Gasteiger partial charge on any atom is -0.490 e. The highest BCUT2D eigenvalue weighted by atomic mass is 79.9. The Morgan fingerprint density at radius 1 is 1.00 bits per heavy atom. The zero-order valence-corrected chi connectivity index (χ0v) is 19.0. The summed E-state index contributed by atoms with van der Waals surface area (Å²) in [6.07, 6.45) is 1.83. The van der Waals surface area contributed by atoms with Gasteiger partial charge in [0.05, 0.1) is 16.8 Å². The molecule has 0 saturated carbocycles. The summed E-state index contributed by atoms with van der Waals surface area (Å²) in [5.41, 5.74) is 5.32. The molecular weight excluding hydrogens is 450 g/mol. The largest absolute Gasteiger partial charge is 0.490 e. The monoisotopic (exact) mass is 471 g/mol. The van der Waals surface area contributed by atoms with E-state index in [0.29, 0.717) is 29.7 Å². The Bertz CT molecular complexity index is 1030. The zero-order valence-electron chi connectivity index (χ0n) is 16.7. The topological polar surface area (TPSA) is 30.8 Å². The van der Waals surface area contributed by atoms with E-state index in [4.69, 9.17) is 21.1 Å². The summed E-state index contributed by atoms with van der Waals surface area (Å²) in [6.45, 7) is 7.07. The van der Waals surface area contributed by atoms with Crippen LogP contribution in [-0.4, -0.2) is 12.8 Å². The summed E-state index contributed by atoms with van der Waals surface area (Å²) in [5, 5.41) is 0.688. The maximum Gasteiger partial charge on any atom is 0.175 e. The molecule has 3 rings (SSSR count). The van der Waals surface area contributed by atoms with Crippen molar-refractivity contribution in [1.82, 2.24) is 0 Å². The number of aliphatic imine (C=N–C) groups is 1. The molecule has 0 unspecified atom stereocenters. The molecule has 0 atom stereocenters. The van der Waals surface area contributed by atoms with E-state index in [0.717, 1.165) is 21.3 Å². The van der Waals surface area contributed by atoms with Crippen molar-refractivity contribution < 1.29 is 9.47 Å². The Morgan fingerprint density at radius 3 is 2.55 bits per heavy atom. The lowest BCUT2D eigenvalue weighted by Gasteiger charge is -2.15. The fourth-order valence-corrected chi connectivity index (χ4v) is 3.59. The maximum absolute atomic E-state index is 6.06. The average Bonchev–Trinajstić information content (AvgIpc) is 2.68. The normalized spacial score (nSPS) is 11.1. The van der Waals surface area contributed by atoms with E-state index in [-0.39, 0.29) is 0 Å². The molecule has 0 fully saturated rings. The average molecular weight is 473 g/mol. The van der Waals surface area contributed by atoms with Gasteiger partial charge in [-0.25, -0.2) is 0 Å². The van der Waals surface area contributed by atoms with E-state index < -0.39 is 0 Å². The molecule has 0 bridgehead atoms. The predicted molar refractivity (Wildman–Crippen MR) is 124 cm³/mol. The van der Waals surface area contributed by atoms with Crippen molar-refractivity contribution in [1.29, 1.82) is 0 Å². The third kappa shape index (κ3) is 5.84. The van der Waals surface area contributed by atoms with Crippen molar-refractivity contribution in [3.63, 3.8) is 0 Å². The molecule has 5 heteroatoms. The minimum absolute atomic E-state index is 0.398. The van der Waals surface area contributed by atoms with Gasteiger partial charge in [-0.1, -0.05) is 29.8 Å². The first-order valence-corrected chi connectivity index (χ1v) is 10.6. The van der Waals surface area contributed by atoms with Gasteiger partial charge < -0.3 is 9.47 Å². The number of hydrogen-bond donors (Lipinski definition) is 0. The Labute approximate surface area is 185 Å². The van der Waals surface area contributed by atoms with E-state index in [1.165, 1.54) is 11.1 Å². The van der Waals surface area contributed by atoms with Gasteiger partial charge in [-0.2, -0.15) is 0 Å². The molecule has 0 aliphatic heterocycles. The number of halogens is 2. The van der Waals surface area contributed by atoms with Crippen molar-refractivity contribution >= 4 is 39.4 Å². The molecule has 0 amide bonds. The quantitative estimate of drug-likeness (QED) is 0.334. The van der Waals surface area contributed by atoms with Gasteiger partial charge in [0, 0.05) is 11.2 Å². The second kappa shape index (κ2) is 9.95. The smallest absolute Gasteiger partial charge is 0.175 e. The van der Waals surface area contributed by atoms with E-state index in [1.54, 1.807) is 0 Å². The second-order valence-corrected chi connectivity index (χ2v) is 8.00. The highest BCUT2D eigenvalue weighted by Gasteiger charge is 2.12. The van der Waals surface area contributed by atoms with Crippen LogP contribution >= 0.6 is 27.5 Å². The Morgan fingerprint density at radius 2 is 1.83 bits per heavy atom.